The first kappa shape index (κ1) is 62.4. The summed E-state index contributed by atoms with van der Waals surface area (Å²) >= 11 is 0. The van der Waals surface area contributed by atoms with Gasteiger partial charge in [-0.05, 0) is 195 Å². The van der Waals surface area contributed by atoms with Gasteiger partial charge in [-0.15, -0.1) is 0 Å². The van der Waals surface area contributed by atoms with Crippen molar-refractivity contribution >= 4 is 30.0 Å². The van der Waals surface area contributed by atoms with Crippen molar-refractivity contribution in [1.29, 1.82) is 0 Å². The molecular formula is C58H74O14. The fourth-order valence-corrected chi connectivity index (χ4v) is 4.57. The smallest absolute Gasteiger partial charge is 0.488 e. The summed E-state index contributed by atoms with van der Waals surface area (Å²) in [5.41, 5.74) is 0.0882. The van der Waals surface area contributed by atoms with Gasteiger partial charge in [-0.2, -0.15) is 0 Å². The number of benzene rings is 4. The number of carbonyl (C=O) groups is 5. The molecule has 0 aliphatic rings. The number of hydrogen-bond donors (Lipinski definition) is 0. The average Bonchev–Trinajstić information content (AvgIpc) is 3.24. The zero-order valence-electron chi connectivity index (χ0n) is 45.0. The van der Waals surface area contributed by atoms with Crippen LogP contribution in [0.4, 0.5) is 4.79 Å². The molecule has 4 aromatic carbocycles. The lowest BCUT2D eigenvalue weighted by Gasteiger charge is -2.24. The number of hydrogen-bond acceptors (Lipinski definition) is 14. The molecule has 4 rings (SSSR count). The Hall–Kier alpha value is -7.61. The number of rotatable bonds is 14. The van der Waals surface area contributed by atoms with Crippen LogP contribution in [-0.4, -0.2) is 52.4 Å². The molecular weight excluding hydrogens is 921 g/mol. The molecule has 0 fully saturated rings. The molecule has 0 bridgehead atoms. The maximum absolute atomic E-state index is 11.4. The SMILES string of the molecule is C=C(C)C(=O)Oc1ccc(OC(=O)OC(C)(C)C)cc1.C=C(C)C(=O)Oc1ccc(OC(C)(C)C)cc1.C=C(C)C(=O)Oc1ccc(OC(C)(C)CC)cc1.C=C(C)C(=O)Oc1cccc(OC(C)(C)C)c1. The molecule has 14 heteroatoms. The van der Waals surface area contributed by atoms with Crippen molar-refractivity contribution in [2.45, 2.75) is 140 Å². The van der Waals surface area contributed by atoms with Crippen LogP contribution < -0.4 is 37.9 Å². The first-order valence-electron chi connectivity index (χ1n) is 23.0. The zero-order chi connectivity index (χ0) is 55.2. The number of ether oxygens (including phenoxy) is 9. The molecule has 0 unspecified atom stereocenters. The zero-order valence-corrected chi connectivity index (χ0v) is 45.0. The van der Waals surface area contributed by atoms with Crippen LogP contribution in [0.25, 0.3) is 0 Å². The summed E-state index contributed by atoms with van der Waals surface area (Å²) in [6.45, 7) is 43.6. The Morgan fingerprint density at radius 2 is 0.653 bits per heavy atom. The fourth-order valence-electron chi connectivity index (χ4n) is 4.57. The van der Waals surface area contributed by atoms with Gasteiger partial charge in [0.1, 0.15) is 68.4 Å². The summed E-state index contributed by atoms with van der Waals surface area (Å²) in [4.78, 5) is 56.7. The highest BCUT2D eigenvalue weighted by Crippen LogP contribution is 2.26. The monoisotopic (exact) mass is 995 g/mol. The first-order chi connectivity index (χ1) is 33.1. The Morgan fingerprint density at radius 3 is 0.958 bits per heavy atom. The highest BCUT2D eigenvalue weighted by molar-refractivity contribution is 5.90. The normalized spacial score (nSPS) is 10.8. The fraction of sp³-hybridized carbons (Fsp3) is 0.362. The van der Waals surface area contributed by atoms with Crippen molar-refractivity contribution in [3.05, 3.63) is 146 Å². The molecule has 0 aromatic heterocycles. The largest absolute Gasteiger partial charge is 0.514 e. The van der Waals surface area contributed by atoms with Gasteiger partial charge < -0.3 is 42.6 Å². The molecule has 0 radical (unpaired) electrons. The van der Waals surface area contributed by atoms with E-state index in [1.54, 1.807) is 115 Å². The molecule has 0 aliphatic heterocycles. The lowest BCUT2D eigenvalue weighted by molar-refractivity contribution is -0.130. The van der Waals surface area contributed by atoms with Gasteiger partial charge >= 0.3 is 30.0 Å². The second-order valence-corrected chi connectivity index (χ2v) is 19.8. The summed E-state index contributed by atoms with van der Waals surface area (Å²) in [5.74, 6) is 2.47. The predicted octanol–water partition coefficient (Wildman–Crippen LogP) is 13.9. The topological polar surface area (TPSA) is 168 Å². The van der Waals surface area contributed by atoms with Gasteiger partial charge in [0.2, 0.25) is 0 Å². The van der Waals surface area contributed by atoms with Gasteiger partial charge in [0.15, 0.2) is 0 Å². The Labute approximate surface area is 426 Å². The van der Waals surface area contributed by atoms with E-state index in [9.17, 15) is 24.0 Å². The molecule has 0 spiro atoms. The van der Waals surface area contributed by atoms with E-state index >= 15 is 0 Å². The van der Waals surface area contributed by atoms with Gasteiger partial charge in [0.25, 0.3) is 0 Å². The van der Waals surface area contributed by atoms with Gasteiger partial charge in [0.05, 0.1) is 0 Å². The minimum atomic E-state index is -0.788. The van der Waals surface area contributed by atoms with Crippen LogP contribution in [0.1, 0.15) is 117 Å². The second-order valence-electron chi connectivity index (χ2n) is 19.8. The standard InChI is InChI=1S/C15H18O5.C15H20O3.2C14H18O3/c1-10(2)13(16)18-11-6-8-12(9-7-11)19-14(17)20-15(3,4)5;1-6-15(4,5)18-13-9-7-12(8-10-13)17-14(16)11(2)3;1-10(2)13(15)16-11-6-8-12(9-7-11)17-14(3,4)5;1-10(2)13(15)16-11-7-6-8-12(9-11)17-14(3,4)5/h6-9H,1H2,2-5H3;7-10H,2,6H2,1,3-5H3;2*6-9H,1H2,2-5H3. The van der Waals surface area contributed by atoms with Gasteiger partial charge in [-0.1, -0.05) is 39.3 Å². The molecule has 72 heavy (non-hydrogen) atoms. The number of carbonyl (C=O) groups excluding carboxylic acids is 5. The van der Waals surface area contributed by atoms with E-state index in [2.05, 4.69) is 33.2 Å². The van der Waals surface area contributed by atoms with E-state index in [1.165, 1.54) is 24.3 Å². The summed E-state index contributed by atoms with van der Waals surface area (Å²) in [6.07, 6.45) is 0.128. The number of esters is 4. The third kappa shape index (κ3) is 28.2. The lowest BCUT2D eigenvalue weighted by atomic mass is 10.1. The molecule has 14 nitrogen and oxygen atoms in total. The van der Waals surface area contributed by atoms with Crippen molar-refractivity contribution < 1.29 is 66.6 Å². The Bertz CT molecular complexity index is 2470. The third-order valence-electron chi connectivity index (χ3n) is 8.20. The van der Waals surface area contributed by atoms with E-state index in [-0.39, 0.29) is 16.8 Å². The van der Waals surface area contributed by atoms with Crippen LogP contribution >= 0.6 is 0 Å². The van der Waals surface area contributed by atoms with E-state index in [0.29, 0.717) is 56.8 Å². The summed E-state index contributed by atoms with van der Waals surface area (Å²) in [5, 5.41) is 0. The molecule has 390 valence electrons. The van der Waals surface area contributed by atoms with E-state index in [4.69, 9.17) is 42.6 Å². The van der Waals surface area contributed by atoms with Crippen LogP contribution in [0, 0.1) is 0 Å². The first-order valence-corrected chi connectivity index (χ1v) is 23.0. The molecule has 0 saturated heterocycles. The minimum Gasteiger partial charge on any atom is -0.488 e. The van der Waals surface area contributed by atoms with Gasteiger partial charge in [0, 0.05) is 28.4 Å². The van der Waals surface area contributed by atoms with Crippen molar-refractivity contribution in [1.82, 2.24) is 0 Å². The Morgan fingerprint density at radius 1 is 0.375 bits per heavy atom. The summed E-state index contributed by atoms with van der Waals surface area (Å²) < 4.78 is 47.4. The van der Waals surface area contributed by atoms with Crippen molar-refractivity contribution in [2.24, 2.45) is 0 Å². The molecule has 4 aromatic rings. The minimum absolute atomic E-state index is 0.199. The van der Waals surface area contributed by atoms with E-state index in [1.807, 2.05) is 61.5 Å². The van der Waals surface area contributed by atoms with Gasteiger partial charge in [-0.25, -0.2) is 24.0 Å². The molecule has 0 saturated carbocycles. The highest BCUT2D eigenvalue weighted by Gasteiger charge is 2.19. The van der Waals surface area contributed by atoms with Crippen molar-refractivity contribution in [3.63, 3.8) is 0 Å². The highest BCUT2D eigenvalue weighted by atomic mass is 16.7. The van der Waals surface area contributed by atoms with E-state index < -0.39 is 35.6 Å². The molecule has 0 atom stereocenters. The van der Waals surface area contributed by atoms with E-state index in [0.717, 1.165) is 17.9 Å². The van der Waals surface area contributed by atoms with Crippen LogP contribution in [0.15, 0.2) is 146 Å². The molecule has 0 aliphatic carbocycles. The van der Waals surface area contributed by atoms with Gasteiger partial charge in [-0.3, -0.25) is 0 Å². The van der Waals surface area contributed by atoms with Crippen molar-refractivity contribution in [3.8, 4) is 46.0 Å². The molecule has 0 heterocycles. The van der Waals surface area contributed by atoms with Crippen LogP contribution in [0.3, 0.4) is 0 Å². The average molecular weight is 995 g/mol. The van der Waals surface area contributed by atoms with Crippen LogP contribution in [0.2, 0.25) is 0 Å². The Kier molecular flexibility index (Phi) is 24.5. The molecule has 0 N–H and O–H groups in total. The summed E-state index contributed by atoms with van der Waals surface area (Å²) in [6, 6.07) is 27.0. The maximum atomic E-state index is 11.4. The maximum Gasteiger partial charge on any atom is 0.514 e. The van der Waals surface area contributed by atoms with Crippen molar-refractivity contribution in [2.75, 3.05) is 0 Å². The van der Waals surface area contributed by atoms with Crippen LogP contribution in [0.5, 0.6) is 46.0 Å². The summed E-state index contributed by atoms with van der Waals surface area (Å²) in [7, 11) is 0. The quantitative estimate of drug-likeness (QED) is 0.0506. The van der Waals surface area contributed by atoms with Crippen LogP contribution in [-0.2, 0) is 23.9 Å². The third-order valence-corrected chi connectivity index (χ3v) is 8.20. The predicted molar refractivity (Wildman–Crippen MR) is 280 cm³/mol. The Balaban J connectivity index is 0.000000481. The second kappa shape index (κ2) is 28.3. The molecule has 0 amide bonds. The lowest BCUT2D eigenvalue weighted by Crippen LogP contribution is -2.26.